The molecule has 1 aromatic heterocycles. The molecule has 0 atom stereocenters. The number of aryl methyl sites for hydroxylation is 3. The molecule has 3 aromatic rings. The molecule has 0 radical (unpaired) electrons. The molecule has 0 aliphatic heterocycles. The van der Waals surface area contributed by atoms with E-state index in [1.54, 1.807) is 7.11 Å². The maximum Gasteiger partial charge on any atom is 0.119 e. The number of methoxy groups -OCH3 is 1. The molecule has 0 fully saturated rings. The largest absolute Gasteiger partial charge is 0.497 e. The van der Waals surface area contributed by atoms with Crippen molar-refractivity contribution >= 4 is 21.8 Å². The SMILES string of the molecule is COc1ccc2c(c1)c1cc3c(cc1n2C)CCC3. The monoisotopic (exact) mass is 251 g/mol. The van der Waals surface area contributed by atoms with Crippen molar-refractivity contribution in [2.45, 2.75) is 19.3 Å². The summed E-state index contributed by atoms with van der Waals surface area (Å²) in [5.74, 6) is 0.931. The van der Waals surface area contributed by atoms with E-state index in [1.165, 1.54) is 52.2 Å². The van der Waals surface area contributed by atoms with Crippen LogP contribution in [0, 0.1) is 0 Å². The molecule has 1 aliphatic carbocycles. The molecule has 2 heteroatoms. The number of fused-ring (bicyclic) bond motifs is 4. The molecule has 0 N–H and O–H groups in total. The molecular weight excluding hydrogens is 234 g/mol. The average molecular weight is 251 g/mol. The van der Waals surface area contributed by atoms with Crippen LogP contribution in [0.25, 0.3) is 21.8 Å². The van der Waals surface area contributed by atoms with Crippen LogP contribution in [-0.2, 0) is 19.9 Å². The van der Waals surface area contributed by atoms with Gasteiger partial charge in [0.15, 0.2) is 0 Å². The molecule has 1 heterocycles. The van der Waals surface area contributed by atoms with E-state index in [9.17, 15) is 0 Å². The zero-order chi connectivity index (χ0) is 13.0. The summed E-state index contributed by atoms with van der Waals surface area (Å²) < 4.78 is 7.66. The molecule has 0 spiro atoms. The summed E-state index contributed by atoms with van der Waals surface area (Å²) in [5, 5.41) is 2.66. The van der Waals surface area contributed by atoms with Gasteiger partial charge in [-0.3, -0.25) is 0 Å². The number of nitrogens with zero attached hydrogens (tertiary/aromatic N) is 1. The van der Waals surface area contributed by atoms with Gasteiger partial charge in [-0.15, -0.1) is 0 Å². The molecule has 4 rings (SSSR count). The Morgan fingerprint density at radius 3 is 2.47 bits per heavy atom. The predicted molar refractivity (Wildman–Crippen MR) is 79.0 cm³/mol. The van der Waals surface area contributed by atoms with Gasteiger partial charge in [-0.2, -0.15) is 0 Å². The molecule has 96 valence electrons. The van der Waals surface area contributed by atoms with Crippen LogP contribution in [0.4, 0.5) is 0 Å². The lowest BCUT2D eigenvalue weighted by Gasteiger charge is -2.01. The van der Waals surface area contributed by atoms with Crippen molar-refractivity contribution in [3.05, 3.63) is 41.5 Å². The molecule has 2 aromatic carbocycles. The Morgan fingerprint density at radius 2 is 1.68 bits per heavy atom. The number of rotatable bonds is 1. The van der Waals surface area contributed by atoms with Gasteiger partial charge in [-0.25, -0.2) is 0 Å². The topological polar surface area (TPSA) is 14.2 Å². The van der Waals surface area contributed by atoms with Crippen molar-refractivity contribution in [3.8, 4) is 5.75 Å². The van der Waals surface area contributed by atoms with Crippen molar-refractivity contribution in [1.82, 2.24) is 4.57 Å². The number of hydrogen-bond donors (Lipinski definition) is 0. The zero-order valence-corrected chi connectivity index (χ0v) is 11.4. The number of ether oxygens (including phenoxy) is 1. The summed E-state index contributed by atoms with van der Waals surface area (Å²) in [7, 11) is 3.88. The molecule has 1 aliphatic rings. The zero-order valence-electron chi connectivity index (χ0n) is 11.4. The smallest absolute Gasteiger partial charge is 0.119 e. The maximum atomic E-state index is 5.36. The van der Waals surface area contributed by atoms with Crippen LogP contribution in [0.2, 0.25) is 0 Å². The van der Waals surface area contributed by atoms with Crippen LogP contribution in [0.3, 0.4) is 0 Å². The van der Waals surface area contributed by atoms with Gasteiger partial charge in [0.1, 0.15) is 5.75 Å². The molecule has 0 unspecified atom stereocenters. The van der Waals surface area contributed by atoms with E-state index in [4.69, 9.17) is 4.74 Å². The summed E-state index contributed by atoms with van der Waals surface area (Å²) in [5.41, 5.74) is 5.68. The van der Waals surface area contributed by atoms with E-state index in [0.29, 0.717) is 0 Å². The Morgan fingerprint density at radius 1 is 0.947 bits per heavy atom. The van der Waals surface area contributed by atoms with Crippen LogP contribution in [0.1, 0.15) is 17.5 Å². The van der Waals surface area contributed by atoms with Gasteiger partial charge in [0, 0.05) is 28.9 Å². The molecule has 0 saturated heterocycles. The minimum atomic E-state index is 0.931. The van der Waals surface area contributed by atoms with Crippen LogP contribution < -0.4 is 4.74 Å². The maximum absolute atomic E-state index is 5.36. The van der Waals surface area contributed by atoms with Gasteiger partial charge in [-0.1, -0.05) is 0 Å². The van der Waals surface area contributed by atoms with Crippen LogP contribution in [0.5, 0.6) is 5.75 Å². The van der Waals surface area contributed by atoms with Crippen molar-refractivity contribution in [1.29, 1.82) is 0 Å². The Kier molecular flexibility index (Phi) is 2.16. The lowest BCUT2D eigenvalue weighted by atomic mass is 10.1. The summed E-state index contributed by atoms with van der Waals surface area (Å²) in [6, 6.07) is 11.1. The Bertz CT molecular complexity index is 798. The normalized spacial score (nSPS) is 14.2. The second-order valence-corrected chi connectivity index (χ2v) is 5.43. The van der Waals surface area contributed by atoms with Gasteiger partial charge in [0.05, 0.1) is 7.11 Å². The summed E-state index contributed by atoms with van der Waals surface area (Å²) in [4.78, 5) is 0. The van der Waals surface area contributed by atoms with Gasteiger partial charge in [-0.05, 0) is 60.7 Å². The minimum absolute atomic E-state index is 0.931. The third-order valence-corrected chi connectivity index (χ3v) is 4.43. The highest BCUT2D eigenvalue weighted by molar-refractivity contribution is 6.09. The third kappa shape index (κ3) is 1.43. The van der Waals surface area contributed by atoms with E-state index in [0.717, 1.165) is 5.75 Å². The first-order valence-corrected chi connectivity index (χ1v) is 6.86. The summed E-state index contributed by atoms with van der Waals surface area (Å²) in [6.07, 6.45) is 3.76. The second-order valence-electron chi connectivity index (χ2n) is 5.43. The van der Waals surface area contributed by atoms with Gasteiger partial charge in [0.2, 0.25) is 0 Å². The highest BCUT2D eigenvalue weighted by Gasteiger charge is 2.16. The first-order valence-electron chi connectivity index (χ1n) is 6.86. The molecular formula is C17H17NO. The van der Waals surface area contributed by atoms with Crippen molar-refractivity contribution in [2.24, 2.45) is 7.05 Å². The van der Waals surface area contributed by atoms with Crippen molar-refractivity contribution < 1.29 is 4.74 Å². The van der Waals surface area contributed by atoms with Gasteiger partial charge >= 0.3 is 0 Å². The molecule has 0 bridgehead atoms. The minimum Gasteiger partial charge on any atom is -0.497 e. The molecule has 0 amide bonds. The Hall–Kier alpha value is -1.96. The average Bonchev–Trinajstić information content (AvgIpc) is 3.00. The fraction of sp³-hybridized carbons (Fsp3) is 0.294. The summed E-state index contributed by atoms with van der Waals surface area (Å²) >= 11 is 0. The van der Waals surface area contributed by atoms with Crippen LogP contribution in [0.15, 0.2) is 30.3 Å². The molecule has 2 nitrogen and oxygen atoms in total. The lowest BCUT2D eigenvalue weighted by molar-refractivity contribution is 0.415. The highest BCUT2D eigenvalue weighted by atomic mass is 16.5. The predicted octanol–water partition coefficient (Wildman–Crippen LogP) is 3.83. The van der Waals surface area contributed by atoms with Gasteiger partial charge in [0.25, 0.3) is 0 Å². The lowest BCUT2D eigenvalue weighted by Crippen LogP contribution is -1.88. The number of benzene rings is 2. The fourth-order valence-corrected chi connectivity index (χ4v) is 3.38. The van der Waals surface area contributed by atoms with Crippen molar-refractivity contribution in [2.75, 3.05) is 7.11 Å². The van der Waals surface area contributed by atoms with E-state index in [-0.39, 0.29) is 0 Å². The van der Waals surface area contributed by atoms with E-state index >= 15 is 0 Å². The quantitative estimate of drug-likeness (QED) is 0.641. The van der Waals surface area contributed by atoms with Crippen LogP contribution in [-0.4, -0.2) is 11.7 Å². The van der Waals surface area contributed by atoms with E-state index in [1.807, 2.05) is 6.07 Å². The third-order valence-electron chi connectivity index (χ3n) is 4.43. The number of hydrogen-bond acceptors (Lipinski definition) is 1. The Balaban J connectivity index is 2.15. The van der Waals surface area contributed by atoms with Crippen molar-refractivity contribution in [3.63, 3.8) is 0 Å². The van der Waals surface area contributed by atoms with E-state index < -0.39 is 0 Å². The van der Waals surface area contributed by atoms with Crippen LogP contribution >= 0.6 is 0 Å². The fourth-order valence-electron chi connectivity index (χ4n) is 3.38. The summed E-state index contributed by atoms with van der Waals surface area (Å²) in [6.45, 7) is 0. The standard InChI is InChI=1S/C17H17NO/c1-18-16-7-6-13(19-2)10-15(16)14-8-11-4-3-5-12(11)9-17(14)18/h6-10H,3-5H2,1-2H3. The van der Waals surface area contributed by atoms with E-state index in [2.05, 4.69) is 35.9 Å². The molecule has 19 heavy (non-hydrogen) atoms. The van der Waals surface area contributed by atoms with Gasteiger partial charge < -0.3 is 9.30 Å². The Labute approximate surface area is 112 Å². The second kappa shape index (κ2) is 3.77. The molecule has 0 saturated carbocycles. The number of aromatic nitrogens is 1. The first-order chi connectivity index (χ1) is 9.28. The first kappa shape index (κ1) is 10.9. The highest BCUT2D eigenvalue weighted by Crippen LogP contribution is 2.35.